The van der Waals surface area contributed by atoms with Crippen molar-refractivity contribution in [1.29, 1.82) is 0 Å². The first-order valence-corrected chi connectivity index (χ1v) is 13.8. The second-order valence-corrected chi connectivity index (χ2v) is 10.8. The molecule has 5 rings (SSSR count). The van der Waals surface area contributed by atoms with E-state index in [2.05, 4.69) is 15.5 Å². The molecule has 0 unspecified atom stereocenters. The highest BCUT2D eigenvalue weighted by atomic mass is 35.5. The van der Waals surface area contributed by atoms with Gasteiger partial charge < -0.3 is 15.0 Å². The number of aliphatic carboxylic acids is 1. The first-order chi connectivity index (χ1) is 19.3. The van der Waals surface area contributed by atoms with Crippen molar-refractivity contribution in [3.63, 3.8) is 0 Å². The van der Waals surface area contributed by atoms with E-state index in [1.54, 1.807) is 46.5 Å². The van der Waals surface area contributed by atoms with Gasteiger partial charge in [0.15, 0.2) is 11.6 Å². The zero-order chi connectivity index (χ0) is 28.4. The number of nitrogens with zero attached hydrogens (tertiary/aromatic N) is 4. The normalized spacial score (nSPS) is 11.2. The SMILES string of the molecule is CCc1cc(C(=O)c2ccccc2Cl)c(-n2c(C)nnc2CNC(=O)Cn2cc(CC(=O)O)c3ccccc32)s1. The first kappa shape index (κ1) is 27.3. The van der Waals surface area contributed by atoms with Crippen LogP contribution in [0.1, 0.15) is 44.9 Å². The van der Waals surface area contributed by atoms with E-state index in [9.17, 15) is 19.5 Å². The number of halogens is 1. The molecule has 204 valence electrons. The first-order valence-electron chi connectivity index (χ1n) is 12.6. The number of fused-ring (bicyclic) bond motifs is 1. The van der Waals surface area contributed by atoms with E-state index in [-0.39, 0.29) is 31.2 Å². The number of hydrogen-bond donors (Lipinski definition) is 2. The van der Waals surface area contributed by atoms with Crippen molar-refractivity contribution >= 4 is 51.5 Å². The number of carbonyl (C=O) groups excluding carboxylic acids is 2. The zero-order valence-electron chi connectivity index (χ0n) is 21.8. The van der Waals surface area contributed by atoms with Gasteiger partial charge >= 0.3 is 5.97 Å². The maximum Gasteiger partial charge on any atom is 0.307 e. The lowest BCUT2D eigenvalue weighted by atomic mass is 10.0. The summed E-state index contributed by atoms with van der Waals surface area (Å²) in [4.78, 5) is 38.9. The van der Waals surface area contributed by atoms with Gasteiger partial charge in [0.05, 0.1) is 23.6 Å². The molecule has 2 N–H and O–H groups in total. The monoisotopic (exact) mass is 575 g/mol. The molecule has 40 heavy (non-hydrogen) atoms. The maximum atomic E-state index is 13.5. The number of carbonyl (C=O) groups is 3. The summed E-state index contributed by atoms with van der Waals surface area (Å²) < 4.78 is 3.54. The molecule has 1 amide bonds. The number of aromatic nitrogens is 4. The van der Waals surface area contributed by atoms with Gasteiger partial charge in [-0.1, -0.05) is 48.9 Å². The summed E-state index contributed by atoms with van der Waals surface area (Å²) in [5.41, 5.74) is 2.33. The maximum absolute atomic E-state index is 13.5. The van der Waals surface area contributed by atoms with Crippen molar-refractivity contribution in [3.8, 4) is 5.00 Å². The Morgan fingerprint density at radius 1 is 1.05 bits per heavy atom. The molecule has 0 fully saturated rings. The van der Waals surface area contributed by atoms with Gasteiger partial charge in [0.25, 0.3) is 0 Å². The van der Waals surface area contributed by atoms with Gasteiger partial charge in [-0.3, -0.25) is 19.0 Å². The van der Waals surface area contributed by atoms with Crippen LogP contribution in [0, 0.1) is 6.92 Å². The number of thiophene rings is 1. The summed E-state index contributed by atoms with van der Waals surface area (Å²) in [5, 5.41) is 22.5. The summed E-state index contributed by atoms with van der Waals surface area (Å²) in [7, 11) is 0. The van der Waals surface area contributed by atoms with Gasteiger partial charge in [0.1, 0.15) is 17.4 Å². The average molecular weight is 576 g/mol. The Bertz CT molecular complexity index is 1750. The molecule has 3 aromatic heterocycles. The third kappa shape index (κ3) is 5.41. The second kappa shape index (κ2) is 11.4. The van der Waals surface area contributed by atoms with E-state index in [0.717, 1.165) is 22.2 Å². The number of nitrogens with one attached hydrogen (secondary N) is 1. The lowest BCUT2D eigenvalue weighted by Crippen LogP contribution is -2.28. The van der Waals surface area contributed by atoms with Gasteiger partial charge in [0.2, 0.25) is 5.91 Å². The lowest BCUT2D eigenvalue weighted by molar-refractivity contribution is -0.136. The van der Waals surface area contributed by atoms with Gasteiger partial charge in [-0.2, -0.15) is 0 Å². The van der Waals surface area contributed by atoms with Crippen molar-refractivity contribution in [2.75, 3.05) is 0 Å². The molecule has 2 aromatic carbocycles. The van der Waals surface area contributed by atoms with E-state index >= 15 is 0 Å². The molecule has 3 heterocycles. The number of aryl methyl sites for hydroxylation is 2. The quantitative estimate of drug-likeness (QED) is 0.227. The van der Waals surface area contributed by atoms with Crippen LogP contribution in [0.15, 0.2) is 60.8 Å². The summed E-state index contributed by atoms with van der Waals surface area (Å²) in [6.07, 6.45) is 2.32. The van der Waals surface area contributed by atoms with Crippen molar-refractivity contribution < 1.29 is 19.5 Å². The molecule has 0 saturated heterocycles. The van der Waals surface area contributed by atoms with Crippen LogP contribution in [0.4, 0.5) is 0 Å². The van der Waals surface area contributed by atoms with Crippen LogP contribution in [0.2, 0.25) is 5.02 Å². The van der Waals surface area contributed by atoms with Crippen LogP contribution in [0.3, 0.4) is 0 Å². The molecule has 11 heteroatoms. The van der Waals surface area contributed by atoms with Crippen molar-refractivity contribution in [2.24, 2.45) is 0 Å². The number of ketones is 1. The van der Waals surface area contributed by atoms with E-state index in [0.29, 0.717) is 38.4 Å². The number of carboxylic acid groups (broad SMARTS) is 1. The van der Waals surface area contributed by atoms with Crippen LogP contribution in [0.25, 0.3) is 15.9 Å². The lowest BCUT2D eigenvalue weighted by Gasteiger charge is -2.11. The highest BCUT2D eigenvalue weighted by Gasteiger charge is 2.24. The van der Waals surface area contributed by atoms with E-state index < -0.39 is 5.97 Å². The molecule has 0 aliphatic rings. The Hall–Kier alpha value is -4.28. The number of amides is 1. The van der Waals surface area contributed by atoms with Gasteiger partial charge in [-0.25, -0.2) is 0 Å². The molecule has 0 spiro atoms. The summed E-state index contributed by atoms with van der Waals surface area (Å²) in [6.45, 7) is 3.90. The minimum Gasteiger partial charge on any atom is -0.481 e. The molecule has 0 radical (unpaired) electrons. The minimum atomic E-state index is -0.936. The van der Waals surface area contributed by atoms with E-state index in [1.807, 2.05) is 37.3 Å². The number of carboxylic acids is 1. The van der Waals surface area contributed by atoms with Crippen LogP contribution in [0.5, 0.6) is 0 Å². The smallest absolute Gasteiger partial charge is 0.307 e. The molecule has 0 atom stereocenters. The number of para-hydroxylation sites is 1. The fraction of sp³-hybridized carbons (Fsp3) is 0.207. The predicted molar refractivity (Wildman–Crippen MR) is 153 cm³/mol. The van der Waals surface area contributed by atoms with Crippen molar-refractivity contribution in [2.45, 2.75) is 39.8 Å². The number of hydrogen-bond acceptors (Lipinski definition) is 6. The molecule has 0 aliphatic heterocycles. The highest BCUT2D eigenvalue weighted by molar-refractivity contribution is 7.15. The van der Waals surface area contributed by atoms with Crippen LogP contribution in [-0.2, 0) is 35.5 Å². The summed E-state index contributed by atoms with van der Waals surface area (Å²) in [6, 6.07) is 16.2. The minimum absolute atomic E-state index is 0.00246. The third-order valence-electron chi connectivity index (χ3n) is 6.54. The zero-order valence-corrected chi connectivity index (χ0v) is 23.4. The highest BCUT2D eigenvalue weighted by Crippen LogP contribution is 2.32. The summed E-state index contributed by atoms with van der Waals surface area (Å²) in [5.74, 6) is -0.350. The van der Waals surface area contributed by atoms with Gasteiger partial charge in [-0.15, -0.1) is 21.5 Å². The molecule has 0 bridgehead atoms. The molecular formula is C29H26ClN5O4S. The molecule has 9 nitrogen and oxygen atoms in total. The van der Waals surface area contributed by atoms with Gasteiger partial charge in [-0.05, 0) is 43.2 Å². The molecule has 0 saturated carbocycles. The van der Waals surface area contributed by atoms with Crippen molar-refractivity contribution in [3.05, 3.63) is 99.0 Å². The Balaban J connectivity index is 1.40. The Kier molecular flexibility index (Phi) is 7.81. The number of rotatable bonds is 10. The fourth-order valence-electron chi connectivity index (χ4n) is 4.66. The fourth-order valence-corrected chi connectivity index (χ4v) is 6.04. The number of benzene rings is 2. The van der Waals surface area contributed by atoms with Crippen LogP contribution in [-0.4, -0.2) is 42.1 Å². The molecular weight excluding hydrogens is 550 g/mol. The third-order valence-corrected chi connectivity index (χ3v) is 8.13. The predicted octanol–water partition coefficient (Wildman–Crippen LogP) is 4.98. The Labute approximate surface area is 239 Å². The second-order valence-electron chi connectivity index (χ2n) is 9.24. The van der Waals surface area contributed by atoms with E-state index in [4.69, 9.17) is 11.6 Å². The van der Waals surface area contributed by atoms with Gasteiger partial charge in [0, 0.05) is 27.5 Å². The van der Waals surface area contributed by atoms with Crippen molar-refractivity contribution in [1.82, 2.24) is 24.6 Å². The largest absolute Gasteiger partial charge is 0.481 e. The van der Waals surface area contributed by atoms with Crippen LogP contribution < -0.4 is 5.32 Å². The molecule has 0 aliphatic carbocycles. The standard InChI is InChI=1S/C29H26ClN5O4S/c1-3-19-13-22(28(39)21-9-4-6-10-23(21)30)29(40-19)35-17(2)32-33-25(35)14-31-26(36)16-34-15-18(12-27(37)38)20-8-5-7-11-24(20)34/h4-11,13,15H,3,12,14,16H2,1-2H3,(H,31,36)(H,37,38). The van der Waals surface area contributed by atoms with E-state index in [1.165, 1.54) is 11.3 Å². The topological polar surface area (TPSA) is 119 Å². The summed E-state index contributed by atoms with van der Waals surface area (Å²) >= 11 is 7.81. The van der Waals surface area contributed by atoms with Crippen LogP contribution >= 0.6 is 22.9 Å². The average Bonchev–Trinajstić information content (AvgIpc) is 3.62. The Morgan fingerprint density at radius 2 is 1.80 bits per heavy atom. The Morgan fingerprint density at radius 3 is 2.55 bits per heavy atom. The molecule has 5 aromatic rings.